The molecule has 1 heterocycles. The van der Waals surface area contributed by atoms with E-state index in [4.69, 9.17) is 19.3 Å². The van der Waals surface area contributed by atoms with Crippen LogP contribution in [0, 0.1) is 0 Å². The smallest absolute Gasteiger partial charge is 0.344 e. The van der Waals surface area contributed by atoms with Crippen molar-refractivity contribution in [1.29, 1.82) is 0 Å². The van der Waals surface area contributed by atoms with Crippen LogP contribution < -0.4 is 9.47 Å². The van der Waals surface area contributed by atoms with E-state index >= 15 is 0 Å². The number of halogens is 1. The van der Waals surface area contributed by atoms with Crippen LogP contribution in [-0.2, 0) is 14.3 Å². The first-order chi connectivity index (χ1) is 16.8. The van der Waals surface area contributed by atoms with Crippen molar-refractivity contribution in [1.82, 2.24) is 4.90 Å². The molecule has 1 saturated heterocycles. The average molecular weight is 563 g/mol. The van der Waals surface area contributed by atoms with Gasteiger partial charge in [0.1, 0.15) is 0 Å². The number of hydrogen-bond acceptors (Lipinski definition) is 8. The van der Waals surface area contributed by atoms with Gasteiger partial charge in [-0.1, -0.05) is 0 Å². The van der Waals surface area contributed by atoms with E-state index in [0.717, 1.165) is 0 Å². The van der Waals surface area contributed by atoms with Gasteiger partial charge in [0.15, 0.2) is 23.3 Å². The van der Waals surface area contributed by atoms with Gasteiger partial charge in [0.2, 0.25) is 0 Å². The summed E-state index contributed by atoms with van der Waals surface area (Å²) in [6.07, 6.45) is 1.72. The highest BCUT2D eigenvalue weighted by Gasteiger charge is 2.32. The monoisotopic (exact) mass is 562 g/mol. The number of rotatable bonds is 9. The van der Waals surface area contributed by atoms with Crippen LogP contribution in [0.3, 0.4) is 0 Å². The van der Waals surface area contributed by atoms with Crippen molar-refractivity contribution in [2.45, 2.75) is 13.8 Å². The number of thioether (sulfide) groups is 1. The van der Waals surface area contributed by atoms with Crippen molar-refractivity contribution in [2.24, 2.45) is 4.99 Å². The van der Waals surface area contributed by atoms with Crippen LogP contribution in [0.5, 0.6) is 11.5 Å². The van der Waals surface area contributed by atoms with Gasteiger partial charge in [-0.15, -0.1) is 0 Å². The van der Waals surface area contributed by atoms with Gasteiger partial charge in [-0.3, -0.25) is 9.69 Å². The molecule has 3 rings (SSSR count). The SMILES string of the molecule is CCOC(=O)COc1c(Br)cc(/C=C2/SC(=Nc3ccc(C(=O)O)cc3)N(CC)C2=O)cc1OC. The highest BCUT2D eigenvalue weighted by atomic mass is 79.9. The number of aliphatic imine (C=N–C) groups is 1. The van der Waals surface area contributed by atoms with Crippen molar-refractivity contribution in [3.05, 3.63) is 56.9 Å². The second-order valence-corrected chi connectivity index (χ2v) is 8.90. The molecule has 35 heavy (non-hydrogen) atoms. The maximum Gasteiger partial charge on any atom is 0.344 e. The minimum absolute atomic E-state index is 0.159. The van der Waals surface area contributed by atoms with Gasteiger partial charge in [-0.2, -0.15) is 0 Å². The number of carbonyl (C=O) groups excluding carboxylic acids is 2. The Morgan fingerprint density at radius 2 is 1.91 bits per heavy atom. The first kappa shape index (κ1) is 26.3. The molecule has 0 bridgehead atoms. The predicted molar refractivity (Wildman–Crippen MR) is 136 cm³/mol. The minimum atomic E-state index is -1.02. The van der Waals surface area contributed by atoms with E-state index in [0.29, 0.717) is 43.8 Å². The molecule has 0 unspecified atom stereocenters. The lowest BCUT2D eigenvalue weighted by atomic mass is 10.2. The molecular formula is C24H23BrN2O7S. The van der Waals surface area contributed by atoms with E-state index in [1.807, 2.05) is 6.92 Å². The van der Waals surface area contributed by atoms with Crippen LogP contribution in [0.4, 0.5) is 5.69 Å². The number of carbonyl (C=O) groups is 3. The van der Waals surface area contributed by atoms with E-state index in [1.165, 1.54) is 31.0 Å². The molecule has 184 valence electrons. The quantitative estimate of drug-likeness (QED) is 0.344. The number of amides is 1. The van der Waals surface area contributed by atoms with Crippen LogP contribution in [0.2, 0.25) is 0 Å². The van der Waals surface area contributed by atoms with Gasteiger partial charge < -0.3 is 19.3 Å². The number of hydrogen-bond donors (Lipinski definition) is 1. The zero-order chi connectivity index (χ0) is 25.5. The lowest BCUT2D eigenvalue weighted by Gasteiger charge is -2.13. The fourth-order valence-corrected chi connectivity index (χ4v) is 4.74. The first-order valence-electron chi connectivity index (χ1n) is 10.6. The summed E-state index contributed by atoms with van der Waals surface area (Å²) in [7, 11) is 1.48. The number of likely N-dealkylation sites (N-methyl/N-ethyl adjacent to an activating group) is 1. The third-order valence-corrected chi connectivity index (χ3v) is 6.33. The summed E-state index contributed by atoms with van der Waals surface area (Å²) in [6, 6.07) is 9.56. The van der Waals surface area contributed by atoms with E-state index in [9.17, 15) is 14.4 Å². The molecule has 1 aliphatic heterocycles. The Morgan fingerprint density at radius 1 is 1.20 bits per heavy atom. The number of carboxylic acid groups (broad SMARTS) is 1. The molecule has 0 radical (unpaired) electrons. The summed E-state index contributed by atoms with van der Waals surface area (Å²) in [4.78, 5) is 42.2. The summed E-state index contributed by atoms with van der Waals surface area (Å²) in [5.74, 6) is -0.990. The van der Waals surface area contributed by atoms with Crippen LogP contribution in [0.15, 0.2) is 50.8 Å². The number of aromatic carboxylic acids is 1. The highest BCUT2D eigenvalue weighted by molar-refractivity contribution is 9.10. The number of esters is 1. The lowest BCUT2D eigenvalue weighted by Crippen LogP contribution is -2.28. The Bertz CT molecular complexity index is 1200. The molecule has 9 nitrogen and oxygen atoms in total. The molecular weight excluding hydrogens is 540 g/mol. The van der Waals surface area contributed by atoms with Crippen LogP contribution in [0.1, 0.15) is 29.8 Å². The Hall–Kier alpha value is -3.31. The molecule has 1 N–H and O–H groups in total. The van der Waals surface area contributed by atoms with Crippen LogP contribution in [-0.4, -0.2) is 59.9 Å². The number of carboxylic acids is 1. The Balaban J connectivity index is 1.86. The van der Waals surface area contributed by atoms with Crippen molar-refractivity contribution in [3.8, 4) is 11.5 Å². The van der Waals surface area contributed by atoms with E-state index < -0.39 is 11.9 Å². The topological polar surface area (TPSA) is 115 Å². The largest absolute Gasteiger partial charge is 0.493 e. The van der Waals surface area contributed by atoms with Gasteiger partial charge in [0, 0.05) is 6.54 Å². The maximum atomic E-state index is 13.0. The first-order valence-corrected chi connectivity index (χ1v) is 12.2. The molecule has 0 aromatic heterocycles. The van der Waals surface area contributed by atoms with E-state index in [2.05, 4.69) is 20.9 Å². The highest BCUT2D eigenvalue weighted by Crippen LogP contribution is 2.39. The van der Waals surface area contributed by atoms with Gasteiger partial charge in [0.25, 0.3) is 5.91 Å². The number of nitrogens with zero attached hydrogens (tertiary/aromatic N) is 2. The minimum Gasteiger partial charge on any atom is -0.493 e. The van der Waals surface area contributed by atoms with Crippen LogP contribution in [0.25, 0.3) is 6.08 Å². The summed E-state index contributed by atoms with van der Waals surface area (Å²) in [5.41, 5.74) is 1.37. The van der Waals surface area contributed by atoms with E-state index in [-0.39, 0.29) is 24.7 Å². The molecule has 1 amide bonds. The van der Waals surface area contributed by atoms with Gasteiger partial charge in [-0.25, -0.2) is 14.6 Å². The Morgan fingerprint density at radius 3 is 2.51 bits per heavy atom. The summed E-state index contributed by atoms with van der Waals surface area (Å²) in [6.45, 7) is 3.97. The molecule has 1 aliphatic rings. The molecule has 1 fully saturated rings. The standard InChI is InChI=1S/C24H23BrN2O7S/c1-4-27-22(29)19(35-24(27)26-16-8-6-15(7-9-16)23(30)31)12-14-10-17(25)21(18(11-14)32-3)34-13-20(28)33-5-2/h6-12H,4-5,13H2,1-3H3,(H,30,31)/b19-12+,26-24?. The number of amidine groups is 1. The van der Waals surface area contributed by atoms with Crippen molar-refractivity contribution in [3.63, 3.8) is 0 Å². The van der Waals surface area contributed by atoms with E-state index in [1.54, 1.807) is 42.2 Å². The fourth-order valence-electron chi connectivity index (χ4n) is 3.11. The number of benzene rings is 2. The second kappa shape index (κ2) is 11.9. The van der Waals surface area contributed by atoms with Gasteiger partial charge >= 0.3 is 11.9 Å². The second-order valence-electron chi connectivity index (χ2n) is 7.03. The third kappa shape index (κ3) is 6.43. The fraction of sp³-hybridized carbons (Fsp3) is 0.250. The molecule has 0 atom stereocenters. The normalized spacial score (nSPS) is 15.5. The van der Waals surface area contributed by atoms with Crippen LogP contribution >= 0.6 is 27.7 Å². The Kier molecular flexibility index (Phi) is 8.94. The third-order valence-electron chi connectivity index (χ3n) is 4.73. The average Bonchev–Trinajstić information content (AvgIpc) is 3.12. The Labute approximate surface area is 214 Å². The molecule has 0 spiro atoms. The molecule has 2 aromatic carbocycles. The van der Waals surface area contributed by atoms with Gasteiger partial charge in [-0.05, 0) is 89.6 Å². The molecule has 11 heteroatoms. The lowest BCUT2D eigenvalue weighted by molar-refractivity contribution is -0.145. The van der Waals surface area contributed by atoms with Gasteiger partial charge in [0.05, 0.1) is 34.3 Å². The maximum absolute atomic E-state index is 13.0. The summed E-state index contributed by atoms with van der Waals surface area (Å²) < 4.78 is 16.4. The van der Waals surface area contributed by atoms with Crippen molar-refractivity contribution in [2.75, 3.05) is 26.9 Å². The molecule has 0 saturated carbocycles. The zero-order valence-electron chi connectivity index (χ0n) is 19.2. The number of ether oxygens (including phenoxy) is 3. The van der Waals surface area contributed by atoms with Crippen molar-refractivity contribution >= 4 is 62.5 Å². The predicted octanol–water partition coefficient (Wildman–Crippen LogP) is 4.72. The van der Waals surface area contributed by atoms with Crippen molar-refractivity contribution < 1.29 is 33.7 Å². The summed E-state index contributed by atoms with van der Waals surface area (Å²) >= 11 is 4.65. The molecule has 0 aliphatic carbocycles. The zero-order valence-corrected chi connectivity index (χ0v) is 21.6. The number of methoxy groups -OCH3 is 1. The molecule has 2 aromatic rings. The summed E-state index contributed by atoms with van der Waals surface area (Å²) in [5, 5.41) is 9.55.